The van der Waals surface area contributed by atoms with E-state index in [0.29, 0.717) is 17.1 Å². The zero-order valence-electron chi connectivity index (χ0n) is 19.2. The molecule has 0 aliphatic heterocycles. The molecule has 0 radical (unpaired) electrons. The number of aryl methyl sites for hydroxylation is 1. The number of carbonyl (C=O) groups is 1. The van der Waals surface area contributed by atoms with Crippen molar-refractivity contribution in [3.63, 3.8) is 0 Å². The number of carbonyl (C=O) groups excluding carboxylic acids is 1. The van der Waals surface area contributed by atoms with Crippen molar-refractivity contribution in [1.82, 2.24) is 0 Å². The smallest absolute Gasteiger partial charge is 0.449 e. The molecular weight excluding hydrogens is 441 g/mol. The van der Waals surface area contributed by atoms with Gasteiger partial charge in [0.25, 0.3) is 0 Å². The van der Waals surface area contributed by atoms with Gasteiger partial charge in [-0.15, -0.1) is 0 Å². The second-order valence-electron chi connectivity index (χ2n) is 8.31. The molecule has 0 aliphatic rings. The zero-order valence-corrected chi connectivity index (χ0v) is 20.0. The first-order valence-electron chi connectivity index (χ1n) is 11.7. The summed E-state index contributed by atoms with van der Waals surface area (Å²) in [6.07, 6.45) is 6.54. The van der Waals surface area contributed by atoms with Crippen molar-refractivity contribution in [3.05, 3.63) is 29.8 Å². The Kier molecular flexibility index (Phi) is 14.0. The van der Waals surface area contributed by atoms with Gasteiger partial charge in [0.15, 0.2) is 0 Å². The number of unbranched alkanes of at least 4 members (excludes halogenated alkanes) is 9. The van der Waals surface area contributed by atoms with Gasteiger partial charge in [-0.05, 0) is 30.5 Å². The van der Waals surface area contributed by atoms with E-state index in [2.05, 4.69) is 6.92 Å². The molecule has 0 spiro atoms. The minimum Gasteiger partial charge on any atom is -0.492 e. The molecule has 186 valence electrons. The average Bonchev–Trinajstić information content (AvgIpc) is 2.73. The molecule has 1 rings (SSSR count). The fourth-order valence-corrected chi connectivity index (χ4v) is 4.59. The lowest BCUT2D eigenvalue weighted by Gasteiger charge is -2.32. The Morgan fingerprint density at radius 1 is 0.875 bits per heavy atom. The minimum atomic E-state index is -4.79. The Hall–Kier alpha value is -1.25. The van der Waals surface area contributed by atoms with Crippen LogP contribution in [0, 0.1) is 0 Å². The number of hydrogen-bond acceptors (Lipinski definition) is 4. The van der Waals surface area contributed by atoms with Gasteiger partial charge in [0, 0.05) is 12.2 Å². The molecular formula is C24H39F3O4S. The van der Waals surface area contributed by atoms with Gasteiger partial charge in [0.2, 0.25) is 5.78 Å². The Bertz CT molecular complexity index is 633. The molecule has 4 nitrogen and oxygen atoms in total. The molecule has 0 saturated carbocycles. The quantitative estimate of drug-likeness (QED) is 0.210. The van der Waals surface area contributed by atoms with Gasteiger partial charge in [-0.3, -0.25) is 13.9 Å². The lowest BCUT2D eigenvalue weighted by atomic mass is 10.1. The third-order valence-electron chi connectivity index (χ3n) is 5.38. The van der Waals surface area contributed by atoms with Crippen LogP contribution in [-0.4, -0.2) is 39.2 Å². The molecule has 0 bridgehead atoms. The second kappa shape index (κ2) is 15.6. The van der Waals surface area contributed by atoms with Crippen LogP contribution in [0.2, 0.25) is 0 Å². The van der Waals surface area contributed by atoms with E-state index in [0.717, 1.165) is 19.3 Å². The van der Waals surface area contributed by atoms with Crippen LogP contribution < -0.4 is 4.74 Å². The van der Waals surface area contributed by atoms with E-state index in [1.165, 1.54) is 44.9 Å². The van der Waals surface area contributed by atoms with Crippen LogP contribution in [0.3, 0.4) is 0 Å². The Labute approximate surface area is 192 Å². The molecule has 8 heteroatoms. The van der Waals surface area contributed by atoms with Gasteiger partial charge in [-0.1, -0.05) is 76.8 Å². The minimum absolute atomic E-state index is 0.0119. The van der Waals surface area contributed by atoms with Gasteiger partial charge in [-0.25, -0.2) is 0 Å². The molecule has 1 aromatic carbocycles. The second-order valence-corrected chi connectivity index (χ2v) is 10.7. The lowest BCUT2D eigenvalue weighted by molar-refractivity contribution is -0.171. The van der Waals surface area contributed by atoms with Gasteiger partial charge < -0.3 is 4.74 Å². The predicted octanol–water partition coefficient (Wildman–Crippen LogP) is 7.80. The van der Waals surface area contributed by atoms with Crippen molar-refractivity contribution in [2.24, 2.45) is 0 Å². The van der Waals surface area contributed by atoms with Crippen molar-refractivity contribution < 1.29 is 31.8 Å². The molecule has 0 amide bonds. The third-order valence-corrected chi connectivity index (χ3v) is 7.15. The average molecular weight is 481 g/mol. The van der Waals surface area contributed by atoms with E-state index in [1.807, 2.05) is 0 Å². The summed E-state index contributed by atoms with van der Waals surface area (Å²) in [5.74, 6) is -0.679. The van der Waals surface area contributed by atoms with Crippen molar-refractivity contribution >= 4 is 16.4 Å². The topological polar surface area (TPSA) is 66.8 Å². The summed E-state index contributed by atoms with van der Waals surface area (Å²) in [6, 6.07) is 6.45. The standard InChI is InChI=1S/C24H39F3O4S/c1-2-3-4-5-6-7-8-9-10-11-19-32(29,30)20-18-31-22-15-12-21(13-16-22)14-17-23(28)24(25,26)27/h12-13,15-16,29-30H,2-11,14,17-20H2,1H3. The molecule has 0 aromatic heterocycles. The van der Waals surface area contributed by atoms with Gasteiger partial charge in [0.1, 0.15) is 12.4 Å². The largest absolute Gasteiger partial charge is 0.492 e. The van der Waals surface area contributed by atoms with Crippen LogP contribution in [0.25, 0.3) is 0 Å². The van der Waals surface area contributed by atoms with E-state index < -0.39 is 29.0 Å². The van der Waals surface area contributed by atoms with E-state index in [1.54, 1.807) is 24.3 Å². The molecule has 0 heterocycles. The first-order valence-corrected chi connectivity index (χ1v) is 13.6. The number of hydrogen-bond donors (Lipinski definition) is 2. The van der Waals surface area contributed by atoms with Crippen molar-refractivity contribution in [2.45, 2.75) is 90.1 Å². The summed E-state index contributed by atoms with van der Waals surface area (Å²) >= 11 is 0. The fourth-order valence-electron chi connectivity index (χ4n) is 3.37. The number of alkyl halides is 3. The maximum Gasteiger partial charge on any atom is 0.449 e. The molecule has 32 heavy (non-hydrogen) atoms. The van der Waals surface area contributed by atoms with Crippen LogP contribution in [0.1, 0.15) is 83.1 Å². The number of halogens is 3. The number of rotatable bonds is 18. The summed E-state index contributed by atoms with van der Waals surface area (Å²) in [6.45, 7) is 2.37. The van der Waals surface area contributed by atoms with Gasteiger partial charge >= 0.3 is 6.18 Å². The van der Waals surface area contributed by atoms with E-state index in [-0.39, 0.29) is 18.8 Å². The molecule has 0 fully saturated rings. The van der Waals surface area contributed by atoms with Crippen LogP contribution in [0.15, 0.2) is 24.3 Å². The summed E-state index contributed by atoms with van der Waals surface area (Å²) in [5, 5.41) is 0. The normalized spacial score (nSPS) is 12.7. The van der Waals surface area contributed by atoms with E-state index in [4.69, 9.17) is 4.74 Å². The van der Waals surface area contributed by atoms with Crippen molar-refractivity contribution in [2.75, 3.05) is 18.1 Å². The summed E-state index contributed by atoms with van der Waals surface area (Å²) < 4.78 is 62.6. The number of benzene rings is 1. The zero-order chi connectivity index (χ0) is 23.9. The SMILES string of the molecule is CCCCCCCCCCCCS(O)(O)CCOc1ccc(CCC(=O)C(F)(F)F)cc1. The monoisotopic (exact) mass is 480 g/mol. The van der Waals surface area contributed by atoms with Crippen LogP contribution in [0.4, 0.5) is 13.2 Å². The maximum absolute atomic E-state index is 12.2. The first kappa shape index (κ1) is 28.8. The summed E-state index contributed by atoms with van der Waals surface area (Å²) in [4.78, 5) is 10.9. The number of ketones is 1. The molecule has 0 atom stereocenters. The Balaban J connectivity index is 2.14. The molecule has 2 N–H and O–H groups in total. The highest BCUT2D eigenvalue weighted by Crippen LogP contribution is 2.39. The number of ether oxygens (including phenoxy) is 1. The Morgan fingerprint density at radius 3 is 1.94 bits per heavy atom. The molecule has 0 unspecified atom stereocenters. The van der Waals surface area contributed by atoms with Gasteiger partial charge in [0.05, 0.1) is 5.75 Å². The van der Waals surface area contributed by atoms with Crippen LogP contribution in [0.5, 0.6) is 5.75 Å². The summed E-state index contributed by atoms with van der Waals surface area (Å²) in [7, 11) is -2.67. The highest BCUT2D eigenvalue weighted by Gasteiger charge is 2.37. The first-order chi connectivity index (χ1) is 15.1. The summed E-state index contributed by atoms with van der Waals surface area (Å²) in [5.41, 5.74) is 0.611. The molecule has 0 saturated heterocycles. The van der Waals surface area contributed by atoms with Crippen LogP contribution in [-0.2, 0) is 11.2 Å². The van der Waals surface area contributed by atoms with Crippen LogP contribution >= 0.6 is 10.6 Å². The maximum atomic E-state index is 12.2. The van der Waals surface area contributed by atoms with Crippen molar-refractivity contribution in [3.8, 4) is 5.75 Å². The molecule has 0 aliphatic carbocycles. The Morgan fingerprint density at radius 2 is 1.41 bits per heavy atom. The highest BCUT2D eigenvalue weighted by molar-refractivity contribution is 8.24. The lowest BCUT2D eigenvalue weighted by Crippen LogP contribution is -2.22. The van der Waals surface area contributed by atoms with Gasteiger partial charge in [-0.2, -0.15) is 23.8 Å². The third kappa shape index (κ3) is 14.0. The predicted molar refractivity (Wildman–Crippen MR) is 126 cm³/mol. The van der Waals surface area contributed by atoms with E-state index in [9.17, 15) is 27.1 Å². The fraction of sp³-hybridized carbons (Fsp3) is 0.708. The number of Topliss-reactive ketones (excluding diaryl/α,β-unsaturated/α-hetero) is 1. The molecule has 1 aromatic rings. The van der Waals surface area contributed by atoms with E-state index >= 15 is 0 Å². The van der Waals surface area contributed by atoms with Crippen molar-refractivity contribution in [1.29, 1.82) is 0 Å². The highest BCUT2D eigenvalue weighted by atomic mass is 32.3.